The van der Waals surface area contributed by atoms with Crippen LogP contribution in [0.3, 0.4) is 0 Å². The first kappa shape index (κ1) is 14.0. The number of benzene rings is 2. The van der Waals surface area contributed by atoms with Crippen LogP contribution in [0.1, 0.15) is 15.9 Å². The van der Waals surface area contributed by atoms with Gasteiger partial charge in [0.25, 0.3) is 5.91 Å². The molecule has 1 amide bonds. The summed E-state index contributed by atoms with van der Waals surface area (Å²) in [6, 6.07) is 11.4. The molecule has 0 fully saturated rings. The molecule has 0 aromatic heterocycles. The Balaban J connectivity index is 2.13. The molecule has 0 aliphatic carbocycles. The smallest absolute Gasteiger partial charge is 0.255 e. The summed E-state index contributed by atoms with van der Waals surface area (Å²) in [6.45, 7) is 0. The zero-order valence-corrected chi connectivity index (χ0v) is 12.1. The van der Waals surface area contributed by atoms with Crippen LogP contribution >= 0.6 is 27.5 Å². The Labute approximate surface area is 123 Å². The second kappa shape index (κ2) is 6.17. The third-order valence-electron chi connectivity index (χ3n) is 2.55. The van der Waals surface area contributed by atoms with E-state index >= 15 is 0 Å². The zero-order valence-electron chi connectivity index (χ0n) is 9.79. The lowest BCUT2D eigenvalue weighted by molar-refractivity contribution is 0.102. The van der Waals surface area contributed by atoms with Crippen LogP contribution < -0.4 is 5.32 Å². The Kier molecular flexibility index (Phi) is 4.56. The Morgan fingerprint density at radius 1 is 1.21 bits per heavy atom. The van der Waals surface area contributed by atoms with Crippen LogP contribution in [0.2, 0.25) is 0 Å². The van der Waals surface area contributed by atoms with Gasteiger partial charge in [0.15, 0.2) is 0 Å². The number of carbonyl (C=O) groups excluding carboxylic acids is 1. The molecule has 0 spiro atoms. The Bertz CT molecular complexity index is 601. The van der Waals surface area contributed by atoms with Gasteiger partial charge in [-0.1, -0.05) is 12.1 Å². The molecule has 0 aliphatic heterocycles. The largest absolute Gasteiger partial charge is 0.322 e. The summed E-state index contributed by atoms with van der Waals surface area (Å²) in [5, 5.41) is 2.63. The molecule has 1 N–H and O–H groups in total. The molecule has 2 aromatic rings. The van der Waals surface area contributed by atoms with E-state index < -0.39 is 5.82 Å². The highest BCUT2D eigenvalue weighted by atomic mass is 79.9. The van der Waals surface area contributed by atoms with Crippen molar-refractivity contribution in [2.24, 2.45) is 0 Å². The van der Waals surface area contributed by atoms with Gasteiger partial charge in [-0.2, -0.15) is 0 Å². The summed E-state index contributed by atoms with van der Waals surface area (Å²) in [4.78, 5) is 11.9. The summed E-state index contributed by atoms with van der Waals surface area (Å²) in [7, 11) is 0. The first-order valence-electron chi connectivity index (χ1n) is 5.51. The van der Waals surface area contributed by atoms with E-state index in [1.54, 1.807) is 36.4 Å². The van der Waals surface area contributed by atoms with E-state index in [4.69, 9.17) is 11.6 Å². The van der Waals surface area contributed by atoms with Crippen molar-refractivity contribution in [1.82, 2.24) is 0 Å². The Morgan fingerprint density at radius 2 is 1.89 bits per heavy atom. The lowest BCUT2D eigenvalue weighted by Gasteiger charge is -2.06. The first-order valence-corrected chi connectivity index (χ1v) is 6.84. The normalized spacial score (nSPS) is 10.3. The average molecular weight is 343 g/mol. The molecule has 2 rings (SSSR count). The quantitative estimate of drug-likeness (QED) is 0.813. The minimum Gasteiger partial charge on any atom is -0.322 e. The summed E-state index contributed by atoms with van der Waals surface area (Å²) in [6.07, 6.45) is 0. The maximum absolute atomic E-state index is 13.3. The van der Waals surface area contributed by atoms with Crippen LogP contribution in [0, 0.1) is 5.82 Å². The van der Waals surface area contributed by atoms with E-state index in [1.165, 1.54) is 6.07 Å². The molecule has 98 valence electrons. The lowest BCUT2D eigenvalue weighted by Crippen LogP contribution is -2.11. The number of anilines is 1. The number of halogens is 3. The molecule has 0 heterocycles. The van der Waals surface area contributed by atoms with Gasteiger partial charge in [0.1, 0.15) is 5.82 Å². The van der Waals surface area contributed by atoms with E-state index in [0.29, 0.717) is 21.6 Å². The number of hydrogen-bond acceptors (Lipinski definition) is 1. The van der Waals surface area contributed by atoms with Crippen molar-refractivity contribution >= 4 is 39.1 Å². The van der Waals surface area contributed by atoms with Crippen molar-refractivity contribution < 1.29 is 9.18 Å². The summed E-state index contributed by atoms with van der Waals surface area (Å²) < 4.78 is 13.7. The number of rotatable bonds is 3. The van der Waals surface area contributed by atoms with E-state index in [0.717, 1.165) is 5.56 Å². The Hall–Kier alpha value is -1.39. The van der Waals surface area contributed by atoms with Gasteiger partial charge in [0.05, 0.1) is 4.47 Å². The first-order chi connectivity index (χ1) is 9.10. The number of nitrogens with one attached hydrogen (secondary N) is 1. The molecule has 5 heteroatoms. The fraction of sp³-hybridized carbons (Fsp3) is 0.0714. The molecule has 0 saturated heterocycles. The molecule has 19 heavy (non-hydrogen) atoms. The predicted molar refractivity (Wildman–Crippen MR) is 78.1 cm³/mol. The van der Waals surface area contributed by atoms with Crippen LogP contribution in [0.5, 0.6) is 0 Å². The molecule has 0 unspecified atom stereocenters. The van der Waals surface area contributed by atoms with Gasteiger partial charge < -0.3 is 5.32 Å². The van der Waals surface area contributed by atoms with Gasteiger partial charge in [-0.25, -0.2) is 4.39 Å². The number of amides is 1. The predicted octanol–water partition coefficient (Wildman–Crippen LogP) is 4.58. The highest BCUT2D eigenvalue weighted by Gasteiger charge is 2.07. The molecule has 0 atom stereocenters. The van der Waals surface area contributed by atoms with Gasteiger partial charge in [-0.3, -0.25) is 4.79 Å². The minimum absolute atomic E-state index is 0.289. The fourth-order valence-corrected chi connectivity index (χ4v) is 1.95. The van der Waals surface area contributed by atoms with Crippen LogP contribution in [0.4, 0.5) is 10.1 Å². The van der Waals surface area contributed by atoms with Gasteiger partial charge in [0.2, 0.25) is 0 Å². The molecule has 0 bridgehead atoms. The average Bonchev–Trinajstić information content (AvgIpc) is 2.43. The molecule has 2 aromatic carbocycles. The van der Waals surface area contributed by atoms with Gasteiger partial charge >= 0.3 is 0 Å². The second-order valence-electron chi connectivity index (χ2n) is 3.91. The Morgan fingerprint density at radius 3 is 2.47 bits per heavy atom. The molecular weight excluding hydrogens is 333 g/mol. The van der Waals surface area contributed by atoms with Crippen molar-refractivity contribution in [3.05, 3.63) is 63.9 Å². The lowest BCUT2D eigenvalue weighted by atomic mass is 10.1. The fourth-order valence-electron chi connectivity index (χ4n) is 1.52. The third-order valence-corrected chi connectivity index (χ3v) is 3.50. The van der Waals surface area contributed by atoms with E-state index in [9.17, 15) is 9.18 Å². The number of alkyl halides is 1. The van der Waals surface area contributed by atoms with E-state index in [2.05, 4.69) is 21.2 Å². The SMILES string of the molecule is O=C(Nc1ccc(Br)c(F)c1)c1ccc(CCl)cc1. The van der Waals surface area contributed by atoms with Crippen molar-refractivity contribution in [3.63, 3.8) is 0 Å². The standard InChI is InChI=1S/C14H10BrClFNO/c15-12-6-5-11(7-13(12)17)18-14(19)10-3-1-9(8-16)2-4-10/h1-7H,8H2,(H,18,19). The summed E-state index contributed by atoms with van der Waals surface area (Å²) in [5.74, 6) is -0.307. The summed E-state index contributed by atoms with van der Waals surface area (Å²) >= 11 is 8.73. The monoisotopic (exact) mass is 341 g/mol. The highest BCUT2D eigenvalue weighted by molar-refractivity contribution is 9.10. The third kappa shape index (κ3) is 3.55. The topological polar surface area (TPSA) is 29.1 Å². The molecule has 2 nitrogen and oxygen atoms in total. The second-order valence-corrected chi connectivity index (χ2v) is 5.04. The van der Waals surface area contributed by atoms with Gasteiger partial charge in [0, 0.05) is 17.1 Å². The van der Waals surface area contributed by atoms with Crippen molar-refractivity contribution in [2.45, 2.75) is 5.88 Å². The highest BCUT2D eigenvalue weighted by Crippen LogP contribution is 2.20. The number of carbonyl (C=O) groups is 1. The van der Waals surface area contributed by atoms with Crippen LogP contribution in [-0.2, 0) is 5.88 Å². The number of hydrogen-bond donors (Lipinski definition) is 1. The van der Waals surface area contributed by atoms with Crippen molar-refractivity contribution in [2.75, 3.05) is 5.32 Å². The molecule has 0 saturated carbocycles. The van der Waals surface area contributed by atoms with Gasteiger partial charge in [-0.05, 0) is 51.8 Å². The van der Waals surface area contributed by atoms with Crippen LogP contribution in [0.25, 0.3) is 0 Å². The minimum atomic E-state index is -0.421. The van der Waals surface area contributed by atoms with E-state index in [1.807, 2.05) is 0 Å². The van der Waals surface area contributed by atoms with E-state index in [-0.39, 0.29) is 5.91 Å². The molecule has 0 aliphatic rings. The maximum Gasteiger partial charge on any atom is 0.255 e. The van der Waals surface area contributed by atoms with Crippen molar-refractivity contribution in [3.8, 4) is 0 Å². The zero-order chi connectivity index (χ0) is 13.8. The summed E-state index contributed by atoms with van der Waals surface area (Å²) in [5.41, 5.74) is 1.84. The van der Waals surface area contributed by atoms with Crippen LogP contribution in [0.15, 0.2) is 46.9 Å². The van der Waals surface area contributed by atoms with Gasteiger partial charge in [-0.15, -0.1) is 11.6 Å². The maximum atomic E-state index is 13.3. The van der Waals surface area contributed by atoms with Crippen molar-refractivity contribution in [1.29, 1.82) is 0 Å². The molecular formula is C14H10BrClFNO. The molecule has 0 radical (unpaired) electrons. The van der Waals surface area contributed by atoms with Crippen LogP contribution in [-0.4, -0.2) is 5.91 Å².